The van der Waals surface area contributed by atoms with Gasteiger partial charge in [0.25, 0.3) is 0 Å². The molecule has 0 spiro atoms. The first-order valence-electron chi connectivity index (χ1n) is 2.28. The van der Waals surface area contributed by atoms with E-state index in [-0.39, 0.29) is 0 Å². The highest BCUT2D eigenvalue weighted by Crippen LogP contribution is 2.21. The molecule has 2 atom stereocenters. The second-order valence-electron chi connectivity index (χ2n) is 1.73. The third-order valence-corrected chi connectivity index (χ3v) is 0.792. The molecule has 0 rings (SSSR count). The van der Waals surface area contributed by atoms with Gasteiger partial charge in [0, 0.05) is 0 Å². The Kier molecular flexibility index (Phi) is 2.45. The second-order valence-corrected chi connectivity index (χ2v) is 1.73. The predicted molar refractivity (Wildman–Crippen MR) is 23.7 cm³/mol. The number of aliphatic hydroxyl groups is 2. The summed E-state index contributed by atoms with van der Waals surface area (Å²) in [4.78, 5) is 0. The van der Waals surface area contributed by atoms with Gasteiger partial charge in [-0.1, -0.05) is 0 Å². The lowest BCUT2D eigenvalue weighted by molar-refractivity contribution is -0.227. The summed E-state index contributed by atoms with van der Waals surface area (Å²) in [5.41, 5.74) is 0. The number of hydrogen-bond acceptors (Lipinski definition) is 2. The van der Waals surface area contributed by atoms with Crippen molar-refractivity contribution in [1.82, 2.24) is 0 Å². The monoisotopic (exact) mass is 144 g/mol. The van der Waals surface area contributed by atoms with Gasteiger partial charge in [-0.15, -0.1) is 0 Å². The Labute approximate surface area is 49.9 Å². The molecule has 2 N–H and O–H groups in total. The molecule has 0 saturated carbocycles. The first kappa shape index (κ1) is 8.71. The molecular formula is C4H7F3O2. The van der Waals surface area contributed by atoms with Crippen molar-refractivity contribution in [3.05, 3.63) is 0 Å². The number of halogens is 3. The summed E-state index contributed by atoms with van der Waals surface area (Å²) in [6.45, 7) is 0.873. The average molecular weight is 144 g/mol. The Morgan fingerprint density at radius 2 is 1.56 bits per heavy atom. The van der Waals surface area contributed by atoms with Crippen molar-refractivity contribution >= 4 is 0 Å². The summed E-state index contributed by atoms with van der Waals surface area (Å²) < 4.78 is 33.9. The highest BCUT2D eigenvalue weighted by atomic mass is 19.4. The van der Waals surface area contributed by atoms with Crippen LogP contribution in [0.2, 0.25) is 0 Å². The van der Waals surface area contributed by atoms with Crippen LogP contribution < -0.4 is 0 Å². The molecule has 5 heteroatoms. The normalized spacial score (nSPS) is 19.3. The van der Waals surface area contributed by atoms with E-state index in [1.165, 1.54) is 0 Å². The van der Waals surface area contributed by atoms with Gasteiger partial charge in [-0.2, -0.15) is 13.2 Å². The van der Waals surface area contributed by atoms with Crippen LogP contribution in [0.5, 0.6) is 0 Å². The molecule has 0 amide bonds. The molecule has 0 aromatic carbocycles. The maximum Gasteiger partial charge on any atom is 0.416 e. The summed E-state index contributed by atoms with van der Waals surface area (Å²) in [6.07, 6.45) is -9.10. The van der Waals surface area contributed by atoms with Crippen LogP contribution in [0.15, 0.2) is 0 Å². The molecule has 2 unspecified atom stereocenters. The Balaban J connectivity index is 3.88. The van der Waals surface area contributed by atoms with Crippen molar-refractivity contribution in [3.63, 3.8) is 0 Å². The van der Waals surface area contributed by atoms with Crippen LogP contribution >= 0.6 is 0 Å². The lowest BCUT2D eigenvalue weighted by Gasteiger charge is -2.16. The lowest BCUT2D eigenvalue weighted by Crippen LogP contribution is -2.37. The van der Waals surface area contributed by atoms with Gasteiger partial charge in [-0.3, -0.25) is 0 Å². The molecule has 0 saturated heterocycles. The molecule has 0 heterocycles. The number of rotatable bonds is 1. The van der Waals surface area contributed by atoms with Gasteiger partial charge in [0.1, 0.15) is 0 Å². The van der Waals surface area contributed by atoms with Crippen molar-refractivity contribution < 1.29 is 23.4 Å². The topological polar surface area (TPSA) is 40.5 Å². The van der Waals surface area contributed by atoms with Crippen LogP contribution in [0, 0.1) is 0 Å². The van der Waals surface area contributed by atoms with E-state index in [1.54, 1.807) is 0 Å². The zero-order chi connectivity index (χ0) is 7.65. The molecule has 0 radical (unpaired) electrons. The largest absolute Gasteiger partial charge is 0.416 e. The summed E-state index contributed by atoms with van der Waals surface area (Å²) in [7, 11) is 0. The van der Waals surface area contributed by atoms with Gasteiger partial charge in [0.15, 0.2) is 6.10 Å². The fraction of sp³-hybridized carbons (Fsp3) is 1.00. The van der Waals surface area contributed by atoms with Crippen LogP contribution in [0.4, 0.5) is 13.2 Å². The van der Waals surface area contributed by atoms with Crippen molar-refractivity contribution in [2.45, 2.75) is 25.3 Å². The molecule has 0 aromatic rings. The summed E-state index contributed by atoms with van der Waals surface area (Å²) in [5, 5.41) is 16.3. The van der Waals surface area contributed by atoms with E-state index in [0.29, 0.717) is 0 Å². The van der Waals surface area contributed by atoms with E-state index in [1.807, 2.05) is 0 Å². The minimum absolute atomic E-state index is 0.873. The van der Waals surface area contributed by atoms with Crippen molar-refractivity contribution in [2.24, 2.45) is 0 Å². The summed E-state index contributed by atoms with van der Waals surface area (Å²) in [5.74, 6) is 0. The third kappa shape index (κ3) is 2.67. The highest BCUT2D eigenvalue weighted by molar-refractivity contribution is 4.69. The minimum Gasteiger partial charge on any atom is -0.390 e. The maximum atomic E-state index is 11.3. The zero-order valence-electron chi connectivity index (χ0n) is 4.68. The molecule has 2 nitrogen and oxygen atoms in total. The van der Waals surface area contributed by atoms with E-state index in [4.69, 9.17) is 10.2 Å². The quantitative estimate of drug-likeness (QED) is 0.555. The molecule has 0 aromatic heterocycles. The van der Waals surface area contributed by atoms with Gasteiger partial charge in [0.2, 0.25) is 0 Å². The minimum atomic E-state index is -4.71. The first-order valence-corrected chi connectivity index (χ1v) is 2.28. The molecule has 9 heavy (non-hydrogen) atoms. The van der Waals surface area contributed by atoms with Gasteiger partial charge < -0.3 is 10.2 Å². The summed E-state index contributed by atoms with van der Waals surface area (Å²) >= 11 is 0. The highest BCUT2D eigenvalue weighted by Gasteiger charge is 2.41. The molecule has 0 aliphatic rings. The average Bonchev–Trinajstić information content (AvgIpc) is 1.62. The Bertz CT molecular complexity index is 88.3. The number of aliphatic hydroxyl groups excluding tert-OH is 2. The Morgan fingerprint density at radius 1 is 1.22 bits per heavy atom. The second kappa shape index (κ2) is 2.53. The van der Waals surface area contributed by atoms with Gasteiger partial charge in [-0.05, 0) is 6.92 Å². The van der Waals surface area contributed by atoms with Crippen molar-refractivity contribution in [2.75, 3.05) is 0 Å². The fourth-order valence-corrected chi connectivity index (χ4v) is 0.273. The van der Waals surface area contributed by atoms with E-state index >= 15 is 0 Å². The van der Waals surface area contributed by atoms with E-state index in [0.717, 1.165) is 6.92 Å². The smallest absolute Gasteiger partial charge is 0.390 e. The van der Waals surface area contributed by atoms with Crippen LogP contribution in [0.3, 0.4) is 0 Å². The number of hydrogen-bond donors (Lipinski definition) is 2. The Hall–Kier alpha value is -0.290. The van der Waals surface area contributed by atoms with E-state index in [9.17, 15) is 13.2 Å². The van der Waals surface area contributed by atoms with Crippen LogP contribution in [-0.2, 0) is 0 Å². The third-order valence-electron chi connectivity index (χ3n) is 0.792. The van der Waals surface area contributed by atoms with Crippen LogP contribution in [0.25, 0.3) is 0 Å². The fourth-order valence-electron chi connectivity index (χ4n) is 0.273. The Morgan fingerprint density at radius 3 is 1.56 bits per heavy atom. The predicted octanol–water partition coefficient (Wildman–Crippen LogP) is 0.290. The summed E-state index contributed by atoms with van der Waals surface area (Å²) in [6, 6.07) is 0. The van der Waals surface area contributed by atoms with Gasteiger partial charge in [0.05, 0.1) is 6.10 Å². The molecule has 56 valence electrons. The number of alkyl halides is 3. The molecular weight excluding hydrogens is 137 g/mol. The maximum absolute atomic E-state index is 11.3. The van der Waals surface area contributed by atoms with Crippen LogP contribution in [0.1, 0.15) is 6.92 Å². The van der Waals surface area contributed by atoms with Crippen molar-refractivity contribution in [1.29, 1.82) is 0 Å². The van der Waals surface area contributed by atoms with Crippen LogP contribution in [-0.4, -0.2) is 28.6 Å². The van der Waals surface area contributed by atoms with Crippen molar-refractivity contribution in [3.8, 4) is 0 Å². The van der Waals surface area contributed by atoms with Gasteiger partial charge >= 0.3 is 6.18 Å². The first-order chi connectivity index (χ1) is 3.85. The van der Waals surface area contributed by atoms with Gasteiger partial charge in [-0.25, -0.2) is 0 Å². The lowest BCUT2D eigenvalue weighted by atomic mass is 10.2. The molecule has 0 fully saturated rings. The molecule has 0 aliphatic carbocycles. The SMILES string of the molecule is CC(O)C(O)C(F)(F)F. The standard InChI is InChI=1S/C4H7F3O2/c1-2(8)3(9)4(5,6)7/h2-3,8-9H,1H3. The van der Waals surface area contributed by atoms with E-state index in [2.05, 4.69) is 0 Å². The molecule has 0 bridgehead atoms. The van der Waals surface area contributed by atoms with E-state index < -0.39 is 18.4 Å². The zero-order valence-corrected chi connectivity index (χ0v) is 4.68. The molecule has 0 aliphatic heterocycles.